The summed E-state index contributed by atoms with van der Waals surface area (Å²) in [6, 6.07) is 7.47. The Balaban J connectivity index is 2.30. The van der Waals surface area contributed by atoms with Crippen molar-refractivity contribution >= 4 is 11.7 Å². The third kappa shape index (κ3) is 1.80. The molecule has 0 aromatic heterocycles. The maximum atomic E-state index is 11.0. The summed E-state index contributed by atoms with van der Waals surface area (Å²) >= 11 is 0. The maximum absolute atomic E-state index is 11.0. The van der Waals surface area contributed by atoms with E-state index in [2.05, 4.69) is 5.32 Å². The summed E-state index contributed by atoms with van der Waals surface area (Å²) in [7, 11) is 0. The smallest absolute Gasteiger partial charge is 0.308 e. The molecule has 0 saturated carbocycles. The van der Waals surface area contributed by atoms with Gasteiger partial charge in [-0.05, 0) is 11.6 Å². The van der Waals surface area contributed by atoms with Crippen molar-refractivity contribution in [2.45, 2.75) is 5.92 Å². The van der Waals surface area contributed by atoms with Crippen molar-refractivity contribution in [3.05, 3.63) is 29.8 Å². The molecule has 0 spiro atoms. The Morgan fingerprint density at radius 3 is 2.80 bits per heavy atom. The lowest BCUT2D eigenvalue weighted by Gasteiger charge is -2.16. The van der Waals surface area contributed by atoms with Crippen LogP contribution in [0.4, 0.5) is 5.69 Å². The minimum absolute atomic E-state index is 0.0105. The predicted octanol–water partition coefficient (Wildman–Crippen LogP) is 0.656. The molecular formula is C11H14N2O2. The van der Waals surface area contributed by atoms with E-state index in [-0.39, 0.29) is 11.8 Å². The van der Waals surface area contributed by atoms with Crippen LogP contribution in [0.2, 0.25) is 0 Å². The average Bonchev–Trinajstić information content (AvgIpc) is 2.67. The van der Waals surface area contributed by atoms with Gasteiger partial charge in [0.05, 0.1) is 5.92 Å². The van der Waals surface area contributed by atoms with Gasteiger partial charge >= 0.3 is 5.97 Å². The van der Waals surface area contributed by atoms with Crippen LogP contribution in [-0.2, 0) is 4.79 Å². The molecule has 0 unspecified atom stereocenters. The molecule has 80 valence electrons. The second-order valence-electron chi connectivity index (χ2n) is 3.84. The van der Waals surface area contributed by atoms with Crippen molar-refractivity contribution in [3.63, 3.8) is 0 Å². The van der Waals surface area contributed by atoms with Crippen molar-refractivity contribution in [3.8, 4) is 0 Å². The number of rotatable bonds is 2. The largest absolute Gasteiger partial charge is 0.481 e. The van der Waals surface area contributed by atoms with Crippen molar-refractivity contribution in [2.24, 2.45) is 5.92 Å². The monoisotopic (exact) mass is 206 g/mol. The zero-order chi connectivity index (χ0) is 10.8. The Bertz CT molecular complexity index is 379. The third-order valence-corrected chi connectivity index (χ3v) is 2.93. The van der Waals surface area contributed by atoms with Gasteiger partial charge in [0.1, 0.15) is 0 Å². The van der Waals surface area contributed by atoms with Gasteiger partial charge < -0.3 is 16.2 Å². The van der Waals surface area contributed by atoms with Crippen LogP contribution >= 0.6 is 0 Å². The fourth-order valence-corrected chi connectivity index (χ4v) is 2.11. The van der Waals surface area contributed by atoms with Crippen molar-refractivity contribution in [1.29, 1.82) is 0 Å². The molecule has 0 bridgehead atoms. The molecule has 4 heteroatoms. The van der Waals surface area contributed by atoms with E-state index in [9.17, 15) is 4.79 Å². The molecule has 0 radical (unpaired) electrons. The van der Waals surface area contributed by atoms with Crippen molar-refractivity contribution < 1.29 is 9.90 Å². The summed E-state index contributed by atoms with van der Waals surface area (Å²) in [5.41, 5.74) is 7.46. The van der Waals surface area contributed by atoms with Crippen molar-refractivity contribution in [2.75, 3.05) is 18.8 Å². The van der Waals surface area contributed by atoms with Gasteiger partial charge in [-0.1, -0.05) is 18.2 Å². The van der Waals surface area contributed by atoms with E-state index in [4.69, 9.17) is 10.8 Å². The predicted molar refractivity (Wildman–Crippen MR) is 57.6 cm³/mol. The van der Waals surface area contributed by atoms with Gasteiger partial charge in [0.2, 0.25) is 0 Å². The number of nitrogens with one attached hydrogen (secondary N) is 1. The summed E-state index contributed by atoms with van der Waals surface area (Å²) in [4.78, 5) is 11.0. The molecule has 1 aliphatic heterocycles. The minimum Gasteiger partial charge on any atom is -0.481 e. The maximum Gasteiger partial charge on any atom is 0.308 e. The van der Waals surface area contributed by atoms with Crippen LogP contribution in [0.25, 0.3) is 0 Å². The van der Waals surface area contributed by atoms with Crippen LogP contribution in [0.15, 0.2) is 24.3 Å². The highest BCUT2D eigenvalue weighted by molar-refractivity contribution is 5.73. The molecule has 4 N–H and O–H groups in total. The van der Waals surface area contributed by atoms with Crippen LogP contribution in [0, 0.1) is 5.92 Å². The zero-order valence-corrected chi connectivity index (χ0v) is 8.31. The molecule has 4 nitrogen and oxygen atoms in total. The van der Waals surface area contributed by atoms with Crippen LogP contribution in [0.5, 0.6) is 0 Å². The van der Waals surface area contributed by atoms with Gasteiger partial charge in [-0.15, -0.1) is 0 Å². The number of nitrogen functional groups attached to an aromatic ring is 1. The Kier molecular flexibility index (Phi) is 2.60. The van der Waals surface area contributed by atoms with Gasteiger partial charge in [-0.3, -0.25) is 4.79 Å². The summed E-state index contributed by atoms with van der Waals surface area (Å²) in [5.74, 6) is -1.13. The van der Waals surface area contributed by atoms with Gasteiger partial charge in [-0.25, -0.2) is 0 Å². The first-order valence-electron chi connectivity index (χ1n) is 4.98. The van der Waals surface area contributed by atoms with Gasteiger partial charge in [0, 0.05) is 24.7 Å². The average molecular weight is 206 g/mol. The first-order chi connectivity index (χ1) is 7.20. The first-order valence-corrected chi connectivity index (χ1v) is 4.98. The summed E-state index contributed by atoms with van der Waals surface area (Å²) in [6.45, 7) is 1.21. The summed E-state index contributed by atoms with van der Waals surface area (Å²) in [5, 5.41) is 12.1. The fourth-order valence-electron chi connectivity index (χ4n) is 2.11. The fraction of sp³-hybridized carbons (Fsp3) is 0.364. The van der Waals surface area contributed by atoms with Crippen LogP contribution in [0.1, 0.15) is 11.5 Å². The number of para-hydroxylation sites is 1. The van der Waals surface area contributed by atoms with E-state index < -0.39 is 5.97 Å². The number of aliphatic carboxylic acids is 1. The highest BCUT2D eigenvalue weighted by Gasteiger charge is 2.34. The Morgan fingerprint density at radius 1 is 1.40 bits per heavy atom. The molecule has 1 aromatic rings. The third-order valence-electron chi connectivity index (χ3n) is 2.93. The number of carboxylic acid groups (broad SMARTS) is 1. The van der Waals surface area contributed by atoms with E-state index in [1.165, 1.54) is 0 Å². The lowest BCUT2D eigenvalue weighted by atomic mass is 9.88. The lowest BCUT2D eigenvalue weighted by molar-refractivity contribution is -0.141. The highest BCUT2D eigenvalue weighted by atomic mass is 16.4. The molecule has 1 aliphatic rings. The minimum atomic E-state index is -0.756. The second-order valence-corrected chi connectivity index (χ2v) is 3.84. The summed E-state index contributed by atoms with van der Waals surface area (Å²) < 4.78 is 0. The molecular weight excluding hydrogens is 192 g/mol. The molecule has 1 saturated heterocycles. The van der Waals surface area contributed by atoms with Crippen LogP contribution in [-0.4, -0.2) is 24.2 Å². The van der Waals surface area contributed by atoms with Crippen molar-refractivity contribution in [1.82, 2.24) is 5.32 Å². The molecule has 1 aromatic carbocycles. The number of benzene rings is 1. The molecule has 1 fully saturated rings. The van der Waals surface area contributed by atoms with Crippen LogP contribution < -0.4 is 11.1 Å². The Labute approximate surface area is 88.1 Å². The number of carboxylic acids is 1. The molecule has 15 heavy (non-hydrogen) atoms. The number of hydrogen-bond donors (Lipinski definition) is 3. The van der Waals surface area contributed by atoms with Gasteiger partial charge in [0.15, 0.2) is 0 Å². The van der Waals surface area contributed by atoms with Crippen LogP contribution in [0.3, 0.4) is 0 Å². The number of hydrogen-bond acceptors (Lipinski definition) is 3. The molecule has 2 rings (SSSR count). The molecule has 0 aliphatic carbocycles. The second kappa shape index (κ2) is 3.90. The topological polar surface area (TPSA) is 75.3 Å². The zero-order valence-electron chi connectivity index (χ0n) is 8.31. The quantitative estimate of drug-likeness (QED) is 0.621. The van der Waals surface area contributed by atoms with Gasteiger partial charge in [0.25, 0.3) is 0 Å². The standard InChI is InChI=1S/C11H14N2O2/c12-10-4-2-1-3-7(10)8-5-13-6-9(8)11(14)15/h1-4,8-9,13H,5-6,12H2,(H,14,15)/t8-,9+/m0/s1. The Morgan fingerprint density at radius 2 is 2.13 bits per heavy atom. The van der Waals surface area contributed by atoms with E-state index >= 15 is 0 Å². The highest BCUT2D eigenvalue weighted by Crippen LogP contribution is 2.31. The van der Waals surface area contributed by atoms with Gasteiger partial charge in [-0.2, -0.15) is 0 Å². The first kappa shape index (κ1) is 9.98. The molecule has 2 atom stereocenters. The SMILES string of the molecule is Nc1ccccc1[C@@H]1CNC[C@H]1C(=O)O. The molecule has 0 amide bonds. The summed E-state index contributed by atoms with van der Waals surface area (Å²) in [6.07, 6.45) is 0. The van der Waals surface area contributed by atoms with E-state index in [1.54, 1.807) is 0 Å². The van der Waals surface area contributed by atoms with E-state index in [0.29, 0.717) is 18.8 Å². The van der Waals surface area contributed by atoms with E-state index in [0.717, 1.165) is 5.56 Å². The number of anilines is 1. The normalized spacial score (nSPS) is 25.3. The number of nitrogens with two attached hydrogens (primary N) is 1. The molecule has 1 heterocycles. The number of carbonyl (C=O) groups is 1. The lowest BCUT2D eigenvalue weighted by Crippen LogP contribution is -2.21. The van der Waals surface area contributed by atoms with E-state index in [1.807, 2.05) is 24.3 Å². The Hall–Kier alpha value is -1.55.